The van der Waals surface area contributed by atoms with Crippen LogP contribution in [0.15, 0.2) is 0 Å². The van der Waals surface area contributed by atoms with Crippen LogP contribution in [0, 0.1) is 0 Å². The second kappa shape index (κ2) is 8.17. The van der Waals surface area contributed by atoms with Gasteiger partial charge in [0.2, 0.25) is 11.9 Å². The zero-order chi connectivity index (χ0) is 15.8. The highest BCUT2D eigenvalue weighted by atomic mass is 16.5. The van der Waals surface area contributed by atoms with Crippen molar-refractivity contribution in [2.45, 2.75) is 45.1 Å². The molecule has 0 spiro atoms. The summed E-state index contributed by atoms with van der Waals surface area (Å²) in [5.74, 6) is 0.381. The Morgan fingerprint density at radius 3 is 2.55 bits per heavy atom. The lowest BCUT2D eigenvalue weighted by atomic mass is 9.96. The van der Waals surface area contributed by atoms with Gasteiger partial charge in [-0.1, -0.05) is 19.3 Å². The monoisotopic (exact) mass is 311 g/mol. The molecular formula is C12H21N7O3. The van der Waals surface area contributed by atoms with E-state index in [1.54, 1.807) is 6.92 Å². The molecule has 0 radical (unpaired) electrons. The zero-order valence-electron chi connectivity index (χ0n) is 12.4. The summed E-state index contributed by atoms with van der Waals surface area (Å²) in [5.41, 5.74) is 6.66. The van der Waals surface area contributed by atoms with Crippen LogP contribution in [0.2, 0.25) is 0 Å². The summed E-state index contributed by atoms with van der Waals surface area (Å²) in [6.07, 6.45) is 5.04. The van der Waals surface area contributed by atoms with E-state index in [2.05, 4.69) is 31.1 Å². The first kappa shape index (κ1) is 16.0. The van der Waals surface area contributed by atoms with Gasteiger partial charge in [-0.15, -0.1) is 0 Å². The fourth-order valence-corrected chi connectivity index (χ4v) is 2.25. The highest BCUT2D eigenvalue weighted by Gasteiger charge is 2.15. The molecule has 10 heteroatoms. The normalized spacial score (nSPS) is 15.0. The summed E-state index contributed by atoms with van der Waals surface area (Å²) < 4.78 is 4.71. The summed E-state index contributed by atoms with van der Waals surface area (Å²) in [4.78, 5) is 23.3. The first-order valence-corrected chi connectivity index (χ1v) is 7.32. The van der Waals surface area contributed by atoms with Gasteiger partial charge in [0.05, 0.1) is 6.61 Å². The number of hydrazine groups is 1. The number of amides is 1. The van der Waals surface area contributed by atoms with Crippen molar-refractivity contribution in [3.63, 3.8) is 0 Å². The molecule has 22 heavy (non-hydrogen) atoms. The number of ether oxygens (including phenoxy) is 1. The Kier molecular flexibility index (Phi) is 5.95. The molecule has 0 aliphatic heterocycles. The first-order chi connectivity index (χ1) is 10.7. The Balaban J connectivity index is 1.99. The molecule has 1 heterocycles. The predicted molar refractivity (Wildman–Crippen MR) is 79.5 cm³/mol. The summed E-state index contributed by atoms with van der Waals surface area (Å²) in [6, 6.07) is 0.300. The maximum atomic E-state index is 11.2. The molecule has 0 atom stereocenters. The van der Waals surface area contributed by atoms with Crippen molar-refractivity contribution in [3.05, 3.63) is 0 Å². The Bertz CT molecular complexity index is 494. The van der Waals surface area contributed by atoms with Gasteiger partial charge in [0, 0.05) is 6.04 Å². The summed E-state index contributed by atoms with van der Waals surface area (Å²) in [5, 5.41) is 12.2. The molecule has 1 aromatic rings. The van der Waals surface area contributed by atoms with Crippen molar-refractivity contribution < 1.29 is 14.7 Å². The van der Waals surface area contributed by atoms with Crippen LogP contribution in [0.5, 0.6) is 0 Å². The molecule has 1 amide bonds. The molecule has 10 nitrogen and oxygen atoms in total. The average molecular weight is 311 g/mol. The fraction of sp³-hybridized carbons (Fsp3) is 0.667. The van der Waals surface area contributed by atoms with Crippen LogP contribution in [0.4, 0.5) is 22.6 Å². The number of anilines is 3. The van der Waals surface area contributed by atoms with Crippen LogP contribution >= 0.6 is 0 Å². The molecule has 5 N–H and O–H groups in total. The third-order valence-corrected chi connectivity index (χ3v) is 3.23. The van der Waals surface area contributed by atoms with E-state index >= 15 is 0 Å². The quantitative estimate of drug-likeness (QED) is 0.495. The molecule has 0 aromatic carbocycles. The van der Waals surface area contributed by atoms with E-state index in [1.165, 1.54) is 19.3 Å². The van der Waals surface area contributed by atoms with E-state index in [0.29, 0.717) is 12.0 Å². The van der Waals surface area contributed by atoms with Crippen LogP contribution in [0.1, 0.15) is 39.0 Å². The molecule has 1 fully saturated rings. The molecule has 1 saturated carbocycles. The van der Waals surface area contributed by atoms with Gasteiger partial charge in [0.15, 0.2) is 0 Å². The largest absolute Gasteiger partial charge is 0.449 e. The zero-order valence-corrected chi connectivity index (χ0v) is 12.4. The number of rotatable bonds is 6. The summed E-state index contributed by atoms with van der Waals surface area (Å²) in [6.45, 7) is 1.95. The third-order valence-electron chi connectivity index (χ3n) is 3.23. The SMILES string of the molecule is CCOC(=O)NNc1nc(NO)nc(NC2CCCCC2)n1. The highest BCUT2D eigenvalue weighted by Crippen LogP contribution is 2.20. The topological polar surface area (TPSA) is 133 Å². The van der Waals surface area contributed by atoms with Crippen molar-refractivity contribution >= 4 is 23.9 Å². The van der Waals surface area contributed by atoms with Crippen molar-refractivity contribution in [3.8, 4) is 0 Å². The number of carbonyl (C=O) groups is 1. The van der Waals surface area contributed by atoms with E-state index in [1.807, 2.05) is 5.48 Å². The second-order valence-corrected chi connectivity index (χ2v) is 4.87. The van der Waals surface area contributed by atoms with Crippen molar-refractivity contribution in [2.24, 2.45) is 0 Å². The number of carbonyl (C=O) groups excluding carboxylic acids is 1. The number of hydrogen-bond acceptors (Lipinski definition) is 9. The maximum Gasteiger partial charge on any atom is 0.426 e. The van der Waals surface area contributed by atoms with Crippen molar-refractivity contribution in [1.29, 1.82) is 0 Å². The molecule has 2 rings (SSSR count). The lowest BCUT2D eigenvalue weighted by Crippen LogP contribution is -2.31. The van der Waals surface area contributed by atoms with Crippen LogP contribution in [0.25, 0.3) is 0 Å². The predicted octanol–water partition coefficient (Wildman–Crippen LogP) is 1.49. The molecule has 0 unspecified atom stereocenters. The van der Waals surface area contributed by atoms with Crippen LogP contribution in [-0.2, 0) is 4.74 Å². The van der Waals surface area contributed by atoms with Gasteiger partial charge in [-0.3, -0.25) is 10.6 Å². The molecular weight excluding hydrogens is 290 g/mol. The van der Waals surface area contributed by atoms with Crippen molar-refractivity contribution in [1.82, 2.24) is 20.4 Å². The number of nitrogens with zero attached hydrogens (tertiary/aromatic N) is 3. The summed E-state index contributed by atoms with van der Waals surface area (Å²) >= 11 is 0. The lowest BCUT2D eigenvalue weighted by molar-refractivity contribution is 0.154. The Morgan fingerprint density at radius 1 is 1.18 bits per heavy atom. The molecule has 0 bridgehead atoms. The standard InChI is InChI=1S/C12H21N7O3/c1-2-22-12(20)18-17-10-14-9(15-11(16-10)19-21)13-8-6-4-3-5-7-8/h8,21H,2-7H2,1H3,(H,18,20)(H3,13,14,15,16,17,19). The Labute approximate surface area is 128 Å². The minimum absolute atomic E-state index is 0.0264. The molecule has 122 valence electrons. The Hall–Kier alpha value is -2.36. The second-order valence-electron chi connectivity index (χ2n) is 4.87. The molecule has 0 saturated heterocycles. The first-order valence-electron chi connectivity index (χ1n) is 7.32. The van der Waals surface area contributed by atoms with E-state index < -0.39 is 6.09 Å². The smallest absolute Gasteiger partial charge is 0.426 e. The van der Waals surface area contributed by atoms with E-state index in [4.69, 9.17) is 9.94 Å². The van der Waals surface area contributed by atoms with Gasteiger partial charge in [0.1, 0.15) is 0 Å². The lowest BCUT2D eigenvalue weighted by Gasteiger charge is -2.22. The summed E-state index contributed by atoms with van der Waals surface area (Å²) in [7, 11) is 0. The van der Waals surface area contributed by atoms with Gasteiger partial charge >= 0.3 is 6.09 Å². The number of aromatic nitrogens is 3. The van der Waals surface area contributed by atoms with Crippen LogP contribution in [0.3, 0.4) is 0 Å². The van der Waals surface area contributed by atoms with Gasteiger partial charge in [-0.25, -0.2) is 15.7 Å². The third kappa shape index (κ3) is 4.88. The van der Waals surface area contributed by atoms with E-state index in [0.717, 1.165) is 12.8 Å². The average Bonchev–Trinajstić information content (AvgIpc) is 2.54. The minimum atomic E-state index is -0.650. The van der Waals surface area contributed by atoms with Crippen molar-refractivity contribution in [2.75, 3.05) is 22.8 Å². The minimum Gasteiger partial charge on any atom is -0.449 e. The van der Waals surface area contributed by atoms with Gasteiger partial charge in [-0.05, 0) is 19.8 Å². The fourth-order valence-electron chi connectivity index (χ4n) is 2.25. The number of nitrogens with one attached hydrogen (secondary N) is 4. The Morgan fingerprint density at radius 2 is 1.86 bits per heavy atom. The number of hydrogen-bond donors (Lipinski definition) is 5. The van der Waals surface area contributed by atoms with Gasteiger partial charge in [-0.2, -0.15) is 15.0 Å². The molecule has 1 aliphatic carbocycles. The van der Waals surface area contributed by atoms with E-state index in [-0.39, 0.29) is 18.5 Å². The van der Waals surface area contributed by atoms with Gasteiger partial charge in [0.25, 0.3) is 5.95 Å². The maximum absolute atomic E-state index is 11.2. The van der Waals surface area contributed by atoms with E-state index in [9.17, 15) is 4.79 Å². The highest BCUT2D eigenvalue weighted by molar-refractivity contribution is 5.68. The van der Waals surface area contributed by atoms with Crippen LogP contribution < -0.4 is 21.6 Å². The molecule has 1 aromatic heterocycles. The molecule has 1 aliphatic rings. The van der Waals surface area contributed by atoms with Crippen LogP contribution in [-0.4, -0.2) is 38.9 Å². The van der Waals surface area contributed by atoms with Gasteiger partial charge < -0.3 is 10.1 Å².